The highest BCUT2D eigenvalue weighted by Gasteiger charge is 2.04. The molecule has 0 bridgehead atoms. The van der Waals surface area contributed by atoms with Crippen LogP contribution in [-0.4, -0.2) is 66.7 Å². The van der Waals surface area contributed by atoms with E-state index in [4.69, 9.17) is 10.2 Å². The van der Waals surface area contributed by atoms with Gasteiger partial charge in [-0.2, -0.15) is 0 Å². The fourth-order valence-electron chi connectivity index (χ4n) is 4.45. The molecule has 2 aromatic carbocycles. The van der Waals surface area contributed by atoms with Gasteiger partial charge in [-0.3, -0.25) is 0 Å². The van der Waals surface area contributed by atoms with E-state index in [-0.39, 0.29) is 13.2 Å². The molecular formula is C35H43N4O2S2+. The van der Waals surface area contributed by atoms with Crippen LogP contribution in [0.3, 0.4) is 0 Å². The second kappa shape index (κ2) is 17.6. The third-order valence-corrected chi connectivity index (χ3v) is 9.48. The van der Waals surface area contributed by atoms with Gasteiger partial charge in [0.25, 0.3) is 0 Å². The molecular weight excluding hydrogens is 573 g/mol. The number of aliphatic hydroxyl groups excluding tert-OH is 2. The summed E-state index contributed by atoms with van der Waals surface area (Å²) in [6, 6.07) is 23.5. The normalized spacial score (nSPS) is 11.5. The first kappa shape index (κ1) is 32.5. The van der Waals surface area contributed by atoms with Gasteiger partial charge in [0.1, 0.15) is 6.61 Å². The summed E-state index contributed by atoms with van der Waals surface area (Å²) in [7, 11) is 8.18. The molecule has 2 N–H and O–H groups in total. The third kappa shape index (κ3) is 11.0. The van der Waals surface area contributed by atoms with Crippen molar-refractivity contribution in [2.24, 2.45) is 0 Å². The number of hydrogen-bond donors (Lipinski definition) is 2. The maximum Gasteiger partial charge on any atom is 0.171 e. The Morgan fingerprint density at radius 1 is 0.651 bits per heavy atom. The van der Waals surface area contributed by atoms with E-state index >= 15 is 0 Å². The zero-order valence-electron chi connectivity index (χ0n) is 25.1. The minimum atomic E-state index is 0.149. The van der Waals surface area contributed by atoms with Crippen molar-refractivity contribution < 1.29 is 14.8 Å². The molecule has 4 rings (SSSR count). The van der Waals surface area contributed by atoms with Crippen LogP contribution >= 0.6 is 21.6 Å². The first-order valence-corrected chi connectivity index (χ1v) is 17.1. The topological polar surface area (TPSA) is 55.8 Å². The molecule has 2 heterocycles. The number of anilines is 2. The van der Waals surface area contributed by atoms with Crippen molar-refractivity contribution in [2.75, 3.05) is 61.7 Å². The lowest BCUT2D eigenvalue weighted by Gasteiger charge is -2.20. The molecule has 2 aromatic heterocycles. The van der Waals surface area contributed by atoms with Gasteiger partial charge in [-0.1, -0.05) is 70.2 Å². The molecule has 0 atom stereocenters. The van der Waals surface area contributed by atoms with Crippen LogP contribution in [-0.2, 0) is 13.1 Å². The maximum atomic E-state index is 9.06. The van der Waals surface area contributed by atoms with Crippen LogP contribution < -0.4 is 14.4 Å². The Balaban J connectivity index is 1.11. The molecule has 0 unspecified atom stereocenters. The number of aromatic nitrogens is 2. The molecule has 6 nitrogen and oxygen atoms in total. The summed E-state index contributed by atoms with van der Waals surface area (Å²) in [6.45, 7) is 3.55. The molecule has 0 saturated heterocycles. The van der Waals surface area contributed by atoms with E-state index in [9.17, 15) is 0 Å². The van der Waals surface area contributed by atoms with Crippen LogP contribution in [0, 0.1) is 0 Å². The summed E-state index contributed by atoms with van der Waals surface area (Å²) in [5, 5.41) is 18.1. The fourth-order valence-corrected chi connectivity index (χ4v) is 6.53. The molecule has 0 fully saturated rings. The van der Waals surface area contributed by atoms with Crippen molar-refractivity contribution in [3.63, 3.8) is 0 Å². The summed E-state index contributed by atoms with van der Waals surface area (Å²) in [4.78, 5) is 4.62. The lowest BCUT2D eigenvalue weighted by Crippen LogP contribution is -2.34. The number of rotatable bonds is 17. The van der Waals surface area contributed by atoms with Gasteiger partial charge in [0.2, 0.25) is 0 Å². The number of pyridine rings is 1. The van der Waals surface area contributed by atoms with Crippen molar-refractivity contribution in [3.05, 3.63) is 114 Å². The lowest BCUT2D eigenvalue weighted by atomic mass is 10.1. The number of nitrogens with zero attached hydrogens (tertiary/aromatic N) is 4. The predicted octanol–water partition coefficient (Wildman–Crippen LogP) is 6.06. The first-order valence-electron chi connectivity index (χ1n) is 14.6. The highest BCUT2D eigenvalue weighted by Crippen LogP contribution is 2.24. The van der Waals surface area contributed by atoms with Crippen molar-refractivity contribution in [3.8, 4) is 0 Å². The molecule has 4 aromatic rings. The number of hydrogen-bond acceptors (Lipinski definition) is 6. The fraction of sp³-hybridized carbons (Fsp3) is 0.286. The Morgan fingerprint density at radius 2 is 1.14 bits per heavy atom. The van der Waals surface area contributed by atoms with Gasteiger partial charge >= 0.3 is 0 Å². The standard InChI is InChI=1S/C35H43N4O2S2/c1-36(34-11-7-30(8-12-34)3-4-32-15-18-38(19-16-32)21-25-40)23-27-42-43-28-24-37(2)35-13-9-31(10-14-35)5-6-33-17-20-39(29-33)22-26-41/h3-20,29,40-41H,21-28H2,1-2H3/q+1/b6-5+. The molecule has 0 radical (unpaired) electrons. The van der Waals surface area contributed by atoms with Crippen molar-refractivity contribution in [2.45, 2.75) is 13.1 Å². The average Bonchev–Trinajstić information content (AvgIpc) is 3.49. The van der Waals surface area contributed by atoms with Gasteiger partial charge in [0, 0.05) is 81.1 Å². The highest BCUT2D eigenvalue weighted by atomic mass is 33.1. The van der Waals surface area contributed by atoms with Gasteiger partial charge in [0.05, 0.1) is 6.61 Å². The highest BCUT2D eigenvalue weighted by molar-refractivity contribution is 8.76. The Morgan fingerprint density at radius 3 is 1.63 bits per heavy atom. The monoisotopic (exact) mass is 615 g/mol. The second-order valence-electron chi connectivity index (χ2n) is 10.3. The second-order valence-corrected chi connectivity index (χ2v) is 13.0. The van der Waals surface area contributed by atoms with E-state index in [2.05, 4.69) is 115 Å². The van der Waals surface area contributed by atoms with Gasteiger partial charge in [-0.05, 0) is 52.6 Å². The molecule has 8 heteroatoms. The van der Waals surface area contributed by atoms with E-state index in [1.165, 1.54) is 22.5 Å². The van der Waals surface area contributed by atoms with Crippen LogP contribution in [0.4, 0.5) is 11.4 Å². The Labute approximate surface area is 264 Å². The molecule has 0 saturated carbocycles. The van der Waals surface area contributed by atoms with Crippen molar-refractivity contribution in [1.29, 1.82) is 0 Å². The molecule has 43 heavy (non-hydrogen) atoms. The molecule has 0 aliphatic heterocycles. The van der Waals surface area contributed by atoms with Crippen LogP contribution in [0.5, 0.6) is 0 Å². The Hall–Kier alpha value is -3.43. The van der Waals surface area contributed by atoms with Gasteiger partial charge in [0.15, 0.2) is 18.9 Å². The van der Waals surface area contributed by atoms with Crippen LogP contribution in [0.1, 0.15) is 22.3 Å². The minimum absolute atomic E-state index is 0.149. The van der Waals surface area contributed by atoms with E-state index < -0.39 is 0 Å². The Kier molecular flexibility index (Phi) is 13.3. The molecule has 0 spiro atoms. The molecule has 226 valence electrons. The van der Waals surface area contributed by atoms with Crippen molar-refractivity contribution >= 4 is 57.3 Å². The van der Waals surface area contributed by atoms with E-state index in [1.807, 2.05) is 55.5 Å². The Bertz CT molecular complexity index is 1420. The zero-order chi connectivity index (χ0) is 30.3. The predicted molar refractivity (Wildman–Crippen MR) is 187 cm³/mol. The summed E-state index contributed by atoms with van der Waals surface area (Å²) in [5.74, 6) is 2.14. The molecule has 0 aliphatic rings. The van der Waals surface area contributed by atoms with Crippen LogP contribution in [0.15, 0.2) is 91.5 Å². The average molecular weight is 616 g/mol. The summed E-state index contributed by atoms with van der Waals surface area (Å²) < 4.78 is 3.97. The summed E-state index contributed by atoms with van der Waals surface area (Å²) in [6.07, 6.45) is 16.5. The van der Waals surface area contributed by atoms with Crippen molar-refractivity contribution in [1.82, 2.24) is 4.57 Å². The smallest absolute Gasteiger partial charge is 0.171 e. The van der Waals surface area contributed by atoms with E-state index in [0.29, 0.717) is 13.1 Å². The largest absolute Gasteiger partial charge is 0.395 e. The lowest BCUT2D eigenvalue weighted by molar-refractivity contribution is -0.698. The van der Waals surface area contributed by atoms with Crippen LogP contribution in [0.25, 0.3) is 24.3 Å². The van der Waals surface area contributed by atoms with Gasteiger partial charge in [-0.15, -0.1) is 0 Å². The number of aliphatic hydroxyl groups is 2. The SMILES string of the molecule is CN(CCSSCCN(C)c1ccc(/C=C/c2ccn(CCO)c2)cc1)c1ccc(/C=C/c2cc[n+](CCO)cc2)cc1. The third-order valence-electron chi connectivity index (χ3n) is 7.11. The maximum absolute atomic E-state index is 9.06. The summed E-state index contributed by atoms with van der Waals surface area (Å²) in [5.41, 5.74) is 7.08. The number of benzene rings is 2. The van der Waals surface area contributed by atoms with Crippen LogP contribution in [0.2, 0.25) is 0 Å². The van der Waals surface area contributed by atoms with E-state index in [1.54, 1.807) is 0 Å². The quantitative estimate of drug-likeness (QED) is 0.0857. The molecule has 0 aliphatic carbocycles. The van der Waals surface area contributed by atoms with E-state index in [0.717, 1.165) is 35.7 Å². The first-order chi connectivity index (χ1) is 21.0. The van der Waals surface area contributed by atoms with Gasteiger partial charge < -0.3 is 24.6 Å². The minimum Gasteiger partial charge on any atom is -0.395 e. The van der Waals surface area contributed by atoms with Gasteiger partial charge in [-0.25, -0.2) is 4.57 Å². The zero-order valence-corrected chi connectivity index (χ0v) is 26.8. The molecule has 0 amide bonds. The summed E-state index contributed by atoms with van der Waals surface area (Å²) >= 11 is 0.